The summed E-state index contributed by atoms with van der Waals surface area (Å²) in [5, 5.41) is 12.6. The highest BCUT2D eigenvalue weighted by Gasteiger charge is 2.09. The number of hydrogen-bond donors (Lipinski definition) is 1. The number of sulfonamides is 1. The van der Waals surface area contributed by atoms with E-state index in [4.69, 9.17) is 0 Å². The van der Waals surface area contributed by atoms with E-state index in [1.165, 1.54) is 4.80 Å². The molecule has 0 unspecified atom stereocenters. The maximum atomic E-state index is 11.5. The fraction of sp³-hybridized carbons (Fsp3) is 0.0526. The normalized spacial score (nSPS) is 11.3. The summed E-state index contributed by atoms with van der Waals surface area (Å²) >= 11 is 0. The smallest absolute Gasteiger partial charge is 0.229 e. The van der Waals surface area contributed by atoms with Gasteiger partial charge in [-0.05, 0) is 52.7 Å². The van der Waals surface area contributed by atoms with Gasteiger partial charge in [-0.2, -0.15) is 0 Å². The lowest BCUT2D eigenvalue weighted by Crippen LogP contribution is -2.09. The second-order valence-electron chi connectivity index (χ2n) is 6.12. The van der Waals surface area contributed by atoms with Crippen molar-refractivity contribution >= 4 is 15.7 Å². The summed E-state index contributed by atoms with van der Waals surface area (Å²) in [6.45, 7) is 0. The van der Waals surface area contributed by atoms with E-state index >= 15 is 0 Å². The molecule has 1 N–H and O–H groups in total. The van der Waals surface area contributed by atoms with Gasteiger partial charge < -0.3 is 0 Å². The second kappa shape index (κ2) is 7.20. The molecule has 0 amide bonds. The number of aromatic nitrogens is 5. The average Bonchev–Trinajstić information content (AvgIpc) is 3.18. The van der Waals surface area contributed by atoms with Crippen molar-refractivity contribution in [1.82, 2.24) is 25.2 Å². The molecule has 4 rings (SSSR count). The van der Waals surface area contributed by atoms with Gasteiger partial charge in [-0.3, -0.25) is 9.71 Å². The number of nitrogens with one attached hydrogen (secondary N) is 1. The Balaban J connectivity index is 1.66. The first kappa shape index (κ1) is 17.8. The summed E-state index contributed by atoms with van der Waals surface area (Å²) < 4.78 is 25.4. The van der Waals surface area contributed by atoms with Crippen LogP contribution in [0.5, 0.6) is 0 Å². The molecule has 0 aliphatic carbocycles. The van der Waals surface area contributed by atoms with Crippen molar-refractivity contribution in [3.8, 4) is 28.3 Å². The summed E-state index contributed by atoms with van der Waals surface area (Å²) in [5.74, 6) is 0.436. The lowest BCUT2D eigenvalue weighted by atomic mass is 10.0. The minimum Gasteiger partial charge on any atom is -0.284 e. The number of anilines is 1. The van der Waals surface area contributed by atoms with Crippen molar-refractivity contribution in [3.63, 3.8) is 0 Å². The molecule has 0 bridgehead atoms. The van der Waals surface area contributed by atoms with Crippen molar-refractivity contribution in [1.29, 1.82) is 0 Å². The van der Waals surface area contributed by atoms with Crippen LogP contribution in [0.3, 0.4) is 0 Å². The molecule has 2 heterocycles. The maximum Gasteiger partial charge on any atom is 0.229 e. The molecule has 0 atom stereocenters. The molecule has 0 spiro atoms. The highest BCUT2D eigenvalue weighted by atomic mass is 32.2. The standard InChI is InChI=1S/C19H16N6O2S/c1-28(26,27)23-16-8-4-6-14(12-16)15-7-5-9-17(13-15)25-22-19(21-24-25)18-10-2-3-11-20-18/h2-13,23H,1H3. The molecule has 0 radical (unpaired) electrons. The first-order valence-corrected chi connectivity index (χ1v) is 10.3. The summed E-state index contributed by atoms with van der Waals surface area (Å²) in [5.41, 5.74) is 3.63. The van der Waals surface area contributed by atoms with Gasteiger partial charge in [-0.25, -0.2) is 8.42 Å². The molecule has 4 aromatic rings. The topological polar surface area (TPSA) is 103 Å². The molecule has 0 aliphatic heterocycles. The third kappa shape index (κ3) is 4.04. The molecule has 0 saturated carbocycles. The summed E-state index contributed by atoms with van der Waals surface area (Å²) in [6.07, 6.45) is 2.80. The van der Waals surface area contributed by atoms with E-state index in [0.29, 0.717) is 17.2 Å². The van der Waals surface area contributed by atoms with E-state index in [0.717, 1.165) is 23.1 Å². The number of pyridine rings is 1. The zero-order chi connectivity index (χ0) is 19.6. The Morgan fingerprint density at radius 2 is 1.71 bits per heavy atom. The van der Waals surface area contributed by atoms with Crippen LogP contribution in [0.2, 0.25) is 0 Å². The zero-order valence-electron chi connectivity index (χ0n) is 14.9. The summed E-state index contributed by atoms with van der Waals surface area (Å²) in [4.78, 5) is 5.66. The predicted octanol–water partition coefficient (Wildman–Crippen LogP) is 2.76. The van der Waals surface area contributed by atoms with Gasteiger partial charge in [0, 0.05) is 11.9 Å². The molecule has 0 aliphatic rings. The monoisotopic (exact) mass is 392 g/mol. The van der Waals surface area contributed by atoms with E-state index in [1.807, 2.05) is 48.5 Å². The van der Waals surface area contributed by atoms with Gasteiger partial charge in [-0.15, -0.1) is 15.0 Å². The van der Waals surface area contributed by atoms with Gasteiger partial charge in [0.2, 0.25) is 15.8 Å². The Bertz CT molecular complexity index is 1220. The highest BCUT2D eigenvalue weighted by molar-refractivity contribution is 7.92. The van der Waals surface area contributed by atoms with Crippen LogP contribution in [0, 0.1) is 0 Å². The first-order valence-electron chi connectivity index (χ1n) is 8.38. The Morgan fingerprint density at radius 3 is 2.46 bits per heavy atom. The molecule has 0 fully saturated rings. The van der Waals surface area contributed by atoms with Crippen LogP contribution in [-0.2, 0) is 10.0 Å². The molecular weight excluding hydrogens is 376 g/mol. The average molecular weight is 392 g/mol. The van der Waals surface area contributed by atoms with Crippen LogP contribution in [0.1, 0.15) is 0 Å². The number of hydrogen-bond acceptors (Lipinski definition) is 6. The van der Waals surface area contributed by atoms with E-state index in [-0.39, 0.29) is 0 Å². The number of nitrogens with zero attached hydrogens (tertiary/aromatic N) is 5. The fourth-order valence-corrected chi connectivity index (χ4v) is 3.26. The fourth-order valence-electron chi connectivity index (χ4n) is 2.71. The van der Waals surface area contributed by atoms with Gasteiger partial charge in [0.1, 0.15) is 5.69 Å². The molecule has 9 heteroatoms. The van der Waals surface area contributed by atoms with Gasteiger partial charge in [0.05, 0.1) is 11.9 Å². The lowest BCUT2D eigenvalue weighted by Gasteiger charge is -2.08. The van der Waals surface area contributed by atoms with Crippen molar-refractivity contribution in [3.05, 3.63) is 72.9 Å². The Labute approximate surface area is 161 Å². The molecule has 140 valence electrons. The Kier molecular flexibility index (Phi) is 4.58. The van der Waals surface area contributed by atoms with Crippen molar-refractivity contribution in [2.24, 2.45) is 0 Å². The quantitative estimate of drug-likeness (QED) is 0.560. The lowest BCUT2D eigenvalue weighted by molar-refractivity contribution is 0.607. The predicted molar refractivity (Wildman–Crippen MR) is 106 cm³/mol. The largest absolute Gasteiger partial charge is 0.284 e. The summed E-state index contributed by atoms with van der Waals surface area (Å²) in [6, 6.07) is 20.3. The van der Waals surface area contributed by atoms with E-state index in [1.54, 1.807) is 24.4 Å². The van der Waals surface area contributed by atoms with Crippen LogP contribution < -0.4 is 4.72 Å². The van der Waals surface area contributed by atoms with E-state index in [9.17, 15) is 8.42 Å². The minimum absolute atomic E-state index is 0.436. The van der Waals surface area contributed by atoms with Crippen molar-refractivity contribution < 1.29 is 8.42 Å². The number of benzene rings is 2. The van der Waals surface area contributed by atoms with Gasteiger partial charge >= 0.3 is 0 Å². The van der Waals surface area contributed by atoms with Crippen LogP contribution in [0.15, 0.2) is 72.9 Å². The Morgan fingerprint density at radius 1 is 0.929 bits per heavy atom. The first-order chi connectivity index (χ1) is 13.5. The zero-order valence-corrected chi connectivity index (χ0v) is 15.7. The maximum absolute atomic E-state index is 11.5. The SMILES string of the molecule is CS(=O)(=O)Nc1cccc(-c2cccc(-n3nnc(-c4ccccn4)n3)c2)c1. The van der Waals surface area contributed by atoms with Crippen LogP contribution >= 0.6 is 0 Å². The molecule has 2 aromatic carbocycles. The van der Waals surface area contributed by atoms with Crippen LogP contribution in [0.25, 0.3) is 28.3 Å². The minimum atomic E-state index is -3.34. The molecular formula is C19H16N6O2S. The third-order valence-corrected chi connectivity index (χ3v) is 4.49. The summed E-state index contributed by atoms with van der Waals surface area (Å²) in [7, 11) is -3.34. The second-order valence-corrected chi connectivity index (χ2v) is 7.87. The third-order valence-electron chi connectivity index (χ3n) is 3.88. The van der Waals surface area contributed by atoms with Crippen molar-refractivity contribution in [2.45, 2.75) is 0 Å². The van der Waals surface area contributed by atoms with E-state index < -0.39 is 10.0 Å². The molecule has 28 heavy (non-hydrogen) atoms. The van der Waals surface area contributed by atoms with Crippen molar-refractivity contribution in [2.75, 3.05) is 11.0 Å². The molecule has 0 saturated heterocycles. The van der Waals surface area contributed by atoms with Gasteiger partial charge in [-0.1, -0.05) is 30.3 Å². The number of tetrazole rings is 1. The van der Waals surface area contributed by atoms with Crippen LogP contribution in [-0.4, -0.2) is 39.9 Å². The van der Waals surface area contributed by atoms with Gasteiger partial charge in [0.25, 0.3) is 0 Å². The molecule has 2 aromatic heterocycles. The Hall–Kier alpha value is -3.59. The number of rotatable bonds is 5. The van der Waals surface area contributed by atoms with Gasteiger partial charge in [0.15, 0.2) is 0 Å². The molecule has 8 nitrogen and oxygen atoms in total. The van der Waals surface area contributed by atoms with E-state index in [2.05, 4.69) is 25.1 Å². The van der Waals surface area contributed by atoms with Crippen LogP contribution in [0.4, 0.5) is 5.69 Å². The highest BCUT2D eigenvalue weighted by Crippen LogP contribution is 2.25.